The van der Waals surface area contributed by atoms with E-state index in [9.17, 15) is 14.9 Å². The number of allylic oxidation sites excluding steroid dienone is 2. The molecule has 2 aliphatic rings. The number of thiophene rings is 2. The van der Waals surface area contributed by atoms with Gasteiger partial charge in [-0.2, -0.15) is 0 Å². The van der Waals surface area contributed by atoms with Crippen LogP contribution < -0.4 is 4.90 Å². The number of rotatable bonds is 2. The summed E-state index contributed by atoms with van der Waals surface area (Å²) < 4.78 is 0. The first-order chi connectivity index (χ1) is 12.9. The van der Waals surface area contributed by atoms with Crippen LogP contribution in [0.1, 0.15) is 10.4 Å². The van der Waals surface area contributed by atoms with Gasteiger partial charge in [0.25, 0.3) is 11.6 Å². The van der Waals surface area contributed by atoms with E-state index in [4.69, 9.17) is 0 Å². The van der Waals surface area contributed by atoms with Gasteiger partial charge in [0.15, 0.2) is 0 Å². The van der Waals surface area contributed by atoms with Gasteiger partial charge >= 0.3 is 0 Å². The summed E-state index contributed by atoms with van der Waals surface area (Å²) in [4.78, 5) is 31.4. The molecule has 0 atom stereocenters. The van der Waals surface area contributed by atoms with Gasteiger partial charge in [0.05, 0.1) is 22.0 Å². The average Bonchev–Trinajstić information content (AvgIpc) is 3.14. The van der Waals surface area contributed by atoms with Gasteiger partial charge in [-0.3, -0.25) is 19.8 Å². The number of likely N-dealkylation sites (N-methyl/N-ethyl adjacent to an activating group) is 1. The second-order valence-electron chi connectivity index (χ2n) is 6.83. The molecule has 1 amide bonds. The van der Waals surface area contributed by atoms with Gasteiger partial charge in [-0.25, -0.2) is 0 Å². The van der Waals surface area contributed by atoms with E-state index in [2.05, 4.69) is 13.0 Å². The lowest BCUT2D eigenvalue weighted by Gasteiger charge is -2.24. The SMILES string of the molecule is Cc1cc2c(s1)-c1sccc1N(C(=O)C1=CC=C([N+](=O)[O-])CN(C)C1)CC2. The number of carbonyl (C=O) groups is 1. The Labute approximate surface area is 165 Å². The van der Waals surface area contributed by atoms with Gasteiger partial charge in [0.2, 0.25) is 0 Å². The molecule has 0 aliphatic carbocycles. The quantitative estimate of drug-likeness (QED) is 0.568. The van der Waals surface area contributed by atoms with E-state index >= 15 is 0 Å². The van der Waals surface area contributed by atoms with Crippen molar-refractivity contribution in [2.24, 2.45) is 0 Å². The molecular weight excluding hydrogens is 382 g/mol. The Morgan fingerprint density at radius 2 is 2.07 bits per heavy atom. The van der Waals surface area contributed by atoms with Crippen LogP contribution in [0.4, 0.5) is 5.69 Å². The number of aryl methyl sites for hydroxylation is 1. The molecule has 6 nitrogen and oxygen atoms in total. The molecule has 0 unspecified atom stereocenters. The molecule has 0 bridgehead atoms. The van der Waals surface area contributed by atoms with Crippen molar-refractivity contribution in [3.8, 4) is 9.75 Å². The van der Waals surface area contributed by atoms with E-state index in [1.54, 1.807) is 40.7 Å². The van der Waals surface area contributed by atoms with Gasteiger partial charge in [0.1, 0.15) is 0 Å². The van der Waals surface area contributed by atoms with Crippen molar-refractivity contribution in [1.82, 2.24) is 4.90 Å². The summed E-state index contributed by atoms with van der Waals surface area (Å²) >= 11 is 3.43. The van der Waals surface area contributed by atoms with Gasteiger partial charge in [-0.1, -0.05) is 0 Å². The highest BCUT2D eigenvalue weighted by Gasteiger charge is 2.29. The molecule has 0 aromatic carbocycles. The predicted molar refractivity (Wildman–Crippen MR) is 109 cm³/mol. The fourth-order valence-electron chi connectivity index (χ4n) is 3.55. The number of amides is 1. The molecule has 0 radical (unpaired) electrons. The third-order valence-corrected chi connectivity index (χ3v) is 6.94. The molecule has 0 saturated heterocycles. The molecule has 0 fully saturated rings. The van der Waals surface area contributed by atoms with Crippen molar-refractivity contribution in [3.63, 3.8) is 0 Å². The summed E-state index contributed by atoms with van der Waals surface area (Å²) in [5.41, 5.74) is 2.91. The summed E-state index contributed by atoms with van der Waals surface area (Å²) in [5, 5.41) is 13.1. The largest absolute Gasteiger partial charge is 0.307 e. The van der Waals surface area contributed by atoms with Gasteiger partial charge in [0, 0.05) is 34.5 Å². The minimum Gasteiger partial charge on any atom is -0.307 e. The Morgan fingerprint density at radius 1 is 1.26 bits per heavy atom. The van der Waals surface area contributed by atoms with E-state index in [0.717, 1.165) is 17.0 Å². The molecule has 27 heavy (non-hydrogen) atoms. The number of hydrogen-bond donors (Lipinski definition) is 0. The third-order valence-electron chi connectivity index (χ3n) is 4.78. The summed E-state index contributed by atoms with van der Waals surface area (Å²) in [5.74, 6) is -0.0748. The maximum Gasteiger partial charge on any atom is 0.260 e. The number of anilines is 1. The Hall–Kier alpha value is -2.29. The van der Waals surface area contributed by atoms with Gasteiger partial charge < -0.3 is 4.90 Å². The Balaban J connectivity index is 1.69. The summed E-state index contributed by atoms with van der Waals surface area (Å²) in [7, 11) is 1.79. The highest BCUT2D eigenvalue weighted by molar-refractivity contribution is 7.22. The van der Waals surface area contributed by atoms with Crippen molar-refractivity contribution in [2.75, 3.05) is 31.6 Å². The molecule has 0 saturated carbocycles. The third kappa shape index (κ3) is 3.36. The zero-order valence-corrected chi connectivity index (χ0v) is 16.7. The van der Waals surface area contributed by atoms with Crippen LogP contribution in [0.25, 0.3) is 9.75 Å². The summed E-state index contributed by atoms with van der Waals surface area (Å²) in [6.07, 6.45) is 3.88. The Bertz CT molecular complexity index is 986. The minimum absolute atomic E-state index is 0.0748. The zero-order chi connectivity index (χ0) is 19.1. The average molecular weight is 402 g/mol. The lowest BCUT2D eigenvalue weighted by atomic mass is 10.1. The van der Waals surface area contributed by atoms with Crippen LogP contribution in [0, 0.1) is 17.0 Å². The van der Waals surface area contributed by atoms with Crippen LogP contribution in [0.2, 0.25) is 0 Å². The Morgan fingerprint density at radius 3 is 2.85 bits per heavy atom. The number of carbonyl (C=O) groups excluding carboxylic acids is 1. The summed E-state index contributed by atoms with van der Waals surface area (Å²) in [6.45, 7) is 3.34. The molecule has 4 heterocycles. The lowest BCUT2D eigenvalue weighted by molar-refractivity contribution is -0.427. The van der Waals surface area contributed by atoms with Gasteiger partial charge in [-0.15, -0.1) is 22.7 Å². The first kappa shape index (κ1) is 18.1. The van der Waals surface area contributed by atoms with Gasteiger partial charge in [-0.05, 0) is 49.5 Å². The first-order valence-corrected chi connectivity index (χ1v) is 10.4. The van der Waals surface area contributed by atoms with Crippen molar-refractivity contribution < 1.29 is 9.72 Å². The molecule has 8 heteroatoms. The van der Waals surface area contributed by atoms with E-state index < -0.39 is 0 Å². The number of nitro groups is 1. The maximum absolute atomic E-state index is 13.3. The monoisotopic (exact) mass is 401 g/mol. The lowest BCUT2D eigenvalue weighted by Crippen LogP contribution is -2.36. The normalized spacial score (nSPS) is 17.3. The maximum atomic E-state index is 13.3. The molecule has 2 aromatic heterocycles. The standard InChI is InChI=1S/C19H19N3O3S2/c1-12-9-13-5-7-21(16-6-8-26-18(16)17(13)27-12)19(23)14-3-4-15(22(24)25)11-20(2)10-14/h3-4,6,8-9H,5,7,10-11H2,1-2H3. The number of hydrogen-bond acceptors (Lipinski definition) is 6. The number of fused-ring (bicyclic) bond motifs is 3. The molecule has 140 valence electrons. The smallest absolute Gasteiger partial charge is 0.260 e. The van der Waals surface area contributed by atoms with E-state index in [1.807, 2.05) is 16.3 Å². The van der Waals surface area contributed by atoms with Crippen LogP contribution in [0.15, 0.2) is 40.9 Å². The second-order valence-corrected chi connectivity index (χ2v) is 9.00. The van der Waals surface area contributed by atoms with Crippen molar-refractivity contribution >= 4 is 34.3 Å². The fraction of sp³-hybridized carbons (Fsp3) is 0.316. The van der Waals surface area contributed by atoms with Crippen LogP contribution in [0.3, 0.4) is 0 Å². The van der Waals surface area contributed by atoms with Crippen LogP contribution in [0.5, 0.6) is 0 Å². The Kier molecular flexibility index (Phi) is 4.71. The van der Waals surface area contributed by atoms with E-state index in [-0.39, 0.29) is 23.1 Å². The molecular formula is C19H19N3O3S2. The zero-order valence-electron chi connectivity index (χ0n) is 15.1. The topological polar surface area (TPSA) is 66.7 Å². The van der Waals surface area contributed by atoms with E-state index in [1.165, 1.54) is 21.4 Å². The van der Waals surface area contributed by atoms with Crippen molar-refractivity contribution in [1.29, 1.82) is 0 Å². The van der Waals surface area contributed by atoms with Crippen LogP contribution >= 0.6 is 22.7 Å². The molecule has 4 rings (SSSR count). The minimum atomic E-state index is -0.385. The molecule has 0 N–H and O–H groups in total. The van der Waals surface area contributed by atoms with E-state index in [0.29, 0.717) is 18.7 Å². The summed E-state index contributed by atoms with van der Waals surface area (Å²) in [6, 6.07) is 4.21. The fourth-order valence-corrected chi connectivity index (χ4v) is 5.70. The van der Waals surface area contributed by atoms with Crippen molar-refractivity contribution in [2.45, 2.75) is 13.3 Å². The predicted octanol–water partition coefficient (Wildman–Crippen LogP) is 3.71. The highest BCUT2D eigenvalue weighted by atomic mass is 32.1. The molecule has 2 aromatic rings. The van der Waals surface area contributed by atoms with Crippen LogP contribution in [-0.2, 0) is 11.2 Å². The number of nitrogens with zero attached hydrogens (tertiary/aromatic N) is 3. The second kappa shape index (κ2) is 7.03. The highest BCUT2D eigenvalue weighted by Crippen LogP contribution is 2.44. The molecule has 2 aliphatic heterocycles. The molecule has 0 spiro atoms. The van der Waals surface area contributed by atoms with Crippen molar-refractivity contribution in [3.05, 3.63) is 61.5 Å². The first-order valence-electron chi connectivity index (χ1n) is 8.65. The van der Waals surface area contributed by atoms with Crippen LogP contribution in [-0.4, -0.2) is 42.4 Å².